The van der Waals surface area contributed by atoms with E-state index in [1.54, 1.807) is 0 Å². The Morgan fingerprint density at radius 3 is 2.62 bits per heavy atom. The summed E-state index contributed by atoms with van der Waals surface area (Å²) >= 11 is 0. The first-order valence-electron chi connectivity index (χ1n) is 5.21. The first-order chi connectivity index (χ1) is 7.47. The lowest BCUT2D eigenvalue weighted by Crippen LogP contribution is -2.43. The molecular formula is C10H15N3O2S. The van der Waals surface area contributed by atoms with Crippen LogP contribution in [0.3, 0.4) is 0 Å². The average molecular weight is 241 g/mol. The number of nitrogen functional groups attached to an aromatic ring is 1. The predicted octanol–water partition coefficient (Wildman–Crippen LogP) is 0.741. The normalized spacial score (nSPS) is 25.1. The fourth-order valence-electron chi connectivity index (χ4n) is 1.84. The number of pyridine rings is 1. The molecule has 1 aliphatic carbocycles. The van der Waals surface area contributed by atoms with Crippen LogP contribution in [0.4, 0.5) is 5.82 Å². The molecule has 1 aromatic heterocycles. The van der Waals surface area contributed by atoms with Gasteiger partial charge in [-0.2, -0.15) is 0 Å². The molecule has 2 rings (SSSR count). The molecule has 6 heteroatoms. The summed E-state index contributed by atoms with van der Waals surface area (Å²) in [6.07, 6.45) is 3.09. The molecule has 0 aliphatic heterocycles. The third kappa shape index (κ3) is 2.33. The predicted molar refractivity (Wildman–Crippen MR) is 61.2 cm³/mol. The van der Waals surface area contributed by atoms with Gasteiger partial charge in [-0.1, -0.05) is 6.92 Å². The molecule has 16 heavy (non-hydrogen) atoms. The van der Waals surface area contributed by atoms with E-state index in [2.05, 4.69) is 16.6 Å². The topological polar surface area (TPSA) is 85.1 Å². The average Bonchev–Trinajstić information content (AvgIpc) is 2.15. The Morgan fingerprint density at radius 1 is 1.44 bits per heavy atom. The number of rotatable bonds is 3. The molecule has 1 fully saturated rings. The standard InChI is InChI=1S/C10H15N3O2S/c1-7-4-8(5-7)13-16(14,15)9-2-3-10(11)12-6-9/h2-3,6-8,13H,4-5H2,1H3,(H2,11,12). The van der Waals surface area contributed by atoms with Crippen molar-refractivity contribution in [2.45, 2.75) is 30.7 Å². The van der Waals surface area contributed by atoms with E-state index in [4.69, 9.17) is 5.73 Å². The second-order valence-corrected chi connectivity index (χ2v) is 6.03. The van der Waals surface area contributed by atoms with E-state index in [-0.39, 0.29) is 10.9 Å². The van der Waals surface area contributed by atoms with Gasteiger partial charge in [0.05, 0.1) is 0 Å². The minimum Gasteiger partial charge on any atom is -0.384 e. The summed E-state index contributed by atoms with van der Waals surface area (Å²) in [4.78, 5) is 3.94. The van der Waals surface area contributed by atoms with Gasteiger partial charge in [-0.05, 0) is 30.9 Å². The second kappa shape index (κ2) is 4.03. The van der Waals surface area contributed by atoms with Crippen molar-refractivity contribution in [3.63, 3.8) is 0 Å². The first kappa shape index (κ1) is 11.3. The van der Waals surface area contributed by atoms with E-state index in [0.717, 1.165) is 12.8 Å². The van der Waals surface area contributed by atoms with Crippen LogP contribution in [0.15, 0.2) is 23.2 Å². The van der Waals surface area contributed by atoms with Crippen molar-refractivity contribution in [3.8, 4) is 0 Å². The highest BCUT2D eigenvalue weighted by Crippen LogP contribution is 2.27. The summed E-state index contributed by atoms with van der Waals surface area (Å²) in [6.45, 7) is 2.11. The highest BCUT2D eigenvalue weighted by atomic mass is 32.2. The molecule has 5 nitrogen and oxygen atoms in total. The van der Waals surface area contributed by atoms with Crippen LogP contribution in [0.1, 0.15) is 19.8 Å². The van der Waals surface area contributed by atoms with Gasteiger partial charge in [-0.25, -0.2) is 18.1 Å². The van der Waals surface area contributed by atoms with Crippen molar-refractivity contribution in [2.24, 2.45) is 5.92 Å². The van der Waals surface area contributed by atoms with E-state index in [0.29, 0.717) is 11.7 Å². The molecule has 0 spiro atoms. The first-order valence-corrected chi connectivity index (χ1v) is 6.69. The van der Waals surface area contributed by atoms with Crippen LogP contribution in [0.25, 0.3) is 0 Å². The van der Waals surface area contributed by atoms with Gasteiger partial charge in [0.1, 0.15) is 10.7 Å². The Morgan fingerprint density at radius 2 is 2.12 bits per heavy atom. The summed E-state index contributed by atoms with van der Waals surface area (Å²) in [5.74, 6) is 0.924. The van der Waals surface area contributed by atoms with Gasteiger partial charge in [0.25, 0.3) is 0 Å². The van der Waals surface area contributed by atoms with Crippen molar-refractivity contribution >= 4 is 15.8 Å². The Labute approximate surface area is 95.1 Å². The fourth-order valence-corrected chi connectivity index (χ4v) is 3.04. The number of nitrogens with one attached hydrogen (secondary N) is 1. The summed E-state index contributed by atoms with van der Waals surface area (Å²) in [7, 11) is -3.43. The number of anilines is 1. The van der Waals surface area contributed by atoms with E-state index >= 15 is 0 Å². The zero-order valence-electron chi connectivity index (χ0n) is 9.05. The molecule has 0 amide bonds. The van der Waals surface area contributed by atoms with Crippen LogP contribution in [0.5, 0.6) is 0 Å². The van der Waals surface area contributed by atoms with Crippen LogP contribution in [0.2, 0.25) is 0 Å². The fraction of sp³-hybridized carbons (Fsp3) is 0.500. The molecule has 0 radical (unpaired) electrons. The van der Waals surface area contributed by atoms with E-state index in [1.165, 1.54) is 18.3 Å². The largest absolute Gasteiger partial charge is 0.384 e. The van der Waals surface area contributed by atoms with Crippen LogP contribution in [-0.2, 0) is 10.0 Å². The minimum atomic E-state index is -3.43. The molecule has 0 saturated heterocycles. The van der Waals surface area contributed by atoms with Crippen LogP contribution in [-0.4, -0.2) is 19.4 Å². The number of hydrogen-bond donors (Lipinski definition) is 2. The maximum absolute atomic E-state index is 11.9. The van der Waals surface area contributed by atoms with Crippen molar-refractivity contribution < 1.29 is 8.42 Å². The van der Waals surface area contributed by atoms with Gasteiger partial charge < -0.3 is 5.73 Å². The van der Waals surface area contributed by atoms with Gasteiger partial charge >= 0.3 is 0 Å². The summed E-state index contributed by atoms with van der Waals surface area (Å²) in [5, 5.41) is 0. The molecule has 3 N–H and O–H groups in total. The van der Waals surface area contributed by atoms with Gasteiger partial charge in [0.15, 0.2) is 0 Å². The maximum Gasteiger partial charge on any atom is 0.242 e. The monoisotopic (exact) mass is 241 g/mol. The van der Waals surface area contributed by atoms with Crippen LogP contribution < -0.4 is 10.5 Å². The van der Waals surface area contributed by atoms with Gasteiger partial charge in [0.2, 0.25) is 10.0 Å². The lowest BCUT2D eigenvalue weighted by molar-refractivity contribution is 0.270. The van der Waals surface area contributed by atoms with Crippen LogP contribution >= 0.6 is 0 Å². The molecule has 0 aromatic carbocycles. The summed E-state index contributed by atoms with van der Waals surface area (Å²) < 4.78 is 26.4. The van der Waals surface area contributed by atoms with Crippen molar-refractivity contribution in [1.29, 1.82) is 0 Å². The van der Waals surface area contributed by atoms with Crippen LogP contribution in [0, 0.1) is 5.92 Å². The minimum absolute atomic E-state index is 0.0672. The van der Waals surface area contributed by atoms with Gasteiger partial charge in [-0.3, -0.25) is 0 Å². The maximum atomic E-state index is 11.9. The second-order valence-electron chi connectivity index (χ2n) is 4.31. The lowest BCUT2D eigenvalue weighted by Gasteiger charge is -2.32. The molecule has 1 saturated carbocycles. The number of nitrogens with two attached hydrogens (primary N) is 1. The Balaban J connectivity index is 2.10. The molecule has 0 bridgehead atoms. The Bertz CT molecular complexity index is 463. The number of nitrogens with zero attached hydrogens (tertiary/aromatic N) is 1. The molecular weight excluding hydrogens is 226 g/mol. The van der Waals surface area contributed by atoms with Gasteiger partial charge in [-0.15, -0.1) is 0 Å². The van der Waals surface area contributed by atoms with E-state index in [1.807, 2.05) is 0 Å². The smallest absolute Gasteiger partial charge is 0.242 e. The molecule has 88 valence electrons. The van der Waals surface area contributed by atoms with Crippen molar-refractivity contribution in [2.75, 3.05) is 5.73 Å². The Hall–Kier alpha value is -1.14. The highest BCUT2D eigenvalue weighted by Gasteiger charge is 2.29. The van der Waals surface area contributed by atoms with Gasteiger partial charge in [0, 0.05) is 12.2 Å². The molecule has 0 atom stereocenters. The quantitative estimate of drug-likeness (QED) is 0.817. The number of hydrogen-bond acceptors (Lipinski definition) is 4. The molecule has 1 aliphatic rings. The SMILES string of the molecule is CC1CC(NS(=O)(=O)c2ccc(N)nc2)C1. The lowest BCUT2D eigenvalue weighted by atomic mass is 9.83. The third-order valence-corrected chi connectivity index (χ3v) is 4.27. The number of aromatic nitrogens is 1. The zero-order chi connectivity index (χ0) is 11.8. The summed E-state index contributed by atoms with van der Waals surface area (Å²) in [5.41, 5.74) is 5.40. The van der Waals surface area contributed by atoms with E-state index < -0.39 is 10.0 Å². The third-order valence-electron chi connectivity index (χ3n) is 2.77. The molecule has 1 heterocycles. The summed E-state index contributed by atoms with van der Waals surface area (Å²) in [6, 6.07) is 3.02. The molecule has 0 unspecified atom stereocenters. The van der Waals surface area contributed by atoms with Crippen molar-refractivity contribution in [3.05, 3.63) is 18.3 Å². The van der Waals surface area contributed by atoms with Crippen molar-refractivity contribution in [1.82, 2.24) is 9.71 Å². The molecule has 1 aromatic rings. The van der Waals surface area contributed by atoms with E-state index in [9.17, 15) is 8.42 Å². The highest BCUT2D eigenvalue weighted by molar-refractivity contribution is 7.89. The Kier molecular flexibility index (Phi) is 2.86. The zero-order valence-corrected chi connectivity index (χ0v) is 9.87. The number of sulfonamides is 1.